The fourth-order valence-corrected chi connectivity index (χ4v) is 2.85. The van der Waals surface area contributed by atoms with E-state index in [2.05, 4.69) is 15.6 Å². The molecule has 148 valence electrons. The summed E-state index contributed by atoms with van der Waals surface area (Å²) in [5.74, 6) is -0.752. The molecule has 2 aromatic rings. The van der Waals surface area contributed by atoms with Crippen LogP contribution in [0.25, 0.3) is 6.08 Å². The van der Waals surface area contributed by atoms with Crippen LogP contribution in [-0.2, 0) is 35.8 Å². The van der Waals surface area contributed by atoms with Gasteiger partial charge in [-0.3, -0.25) is 14.3 Å². The zero-order chi connectivity index (χ0) is 20.3. The predicted octanol–water partition coefficient (Wildman–Crippen LogP) is 1.55. The van der Waals surface area contributed by atoms with Crippen molar-refractivity contribution in [3.63, 3.8) is 0 Å². The maximum atomic E-state index is 12.5. The summed E-state index contributed by atoms with van der Waals surface area (Å²) < 4.78 is 39.2. The molecule has 1 aliphatic rings. The fraction of sp³-hybridized carbons (Fsp3) is 0.333. The number of rotatable bonds is 4. The third-order valence-electron chi connectivity index (χ3n) is 4.41. The minimum absolute atomic E-state index is 0.175. The van der Waals surface area contributed by atoms with Crippen LogP contribution in [0.3, 0.4) is 0 Å². The van der Waals surface area contributed by atoms with E-state index >= 15 is 0 Å². The average molecular weight is 393 g/mol. The molecule has 1 aromatic heterocycles. The molecule has 0 aliphatic carbocycles. The lowest BCUT2D eigenvalue weighted by molar-refractivity contribution is -0.137. The lowest BCUT2D eigenvalue weighted by Crippen LogP contribution is -2.42. The number of halogens is 3. The first-order chi connectivity index (χ1) is 13.2. The number of carbonyl (C=O) groups excluding carboxylic acids is 2. The average Bonchev–Trinajstić information content (AvgIpc) is 3.04. The molecule has 2 heterocycles. The number of alkyl halides is 3. The molecule has 10 heteroatoms. The van der Waals surface area contributed by atoms with Crippen LogP contribution >= 0.6 is 0 Å². The second kappa shape index (κ2) is 7.83. The van der Waals surface area contributed by atoms with Crippen molar-refractivity contribution in [3.8, 4) is 0 Å². The normalized spacial score (nSPS) is 14.2. The molecule has 7 nitrogen and oxygen atoms in total. The number of aromatic nitrogens is 3. The minimum Gasteiger partial charge on any atom is -0.343 e. The monoisotopic (exact) mass is 393 g/mol. The van der Waals surface area contributed by atoms with E-state index in [9.17, 15) is 22.8 Å². The Hall–Kier alpha value is -3.17. The van der Waals surface area contributed by atoms with Gasteiger partial charge in [-0.2, -0.15) is 13.2 Å². The van der Waals surface area contributed by atoms with Crippen molar-refractivity contribution in [1.29, 1.82) is 0 Å². The lowest BCUT2D eigenvalue weighted by atomic mass is 10.1. The standard InChI is InChI=1S/C18H18F3N5O2/c1-25-15-8-9-26(11-14(15)23-24-25)17(28)10-22-16(27)7-4-12-2-5-13(6-3-12)18(19,20)21/h2-7H,8-11H2,1H3,(H,22,27)/b7-4+. The second-order valence-corrected chi connectivity index (χ2v) is 6.34. The van der Waals surface area contributed by atoms with Crippen LogP contribution in [0.2, 0.25) is 0 Å². The SMILES string of the molecule is Cn1nnc2c1CCN(C(=O)CNC(=O)/C=C/c1ccc(C(F)(F)F)cc1)C2. The molecule has 1 aromatic carbocycles. The fourth-order valence-electron chi connectivity index (χ4n) is 2.85. The minimum atomic E-state index is -4.40. The number of amides is 2. The summed E-state index contributed by atoms with van der Waals surface area (Å²) in [6, 6.07) is 4.42. The number of aryl methyl sites for hydroxylation is 1. The summed E-state index contributed by atoms with van der Waals surface area (Å²) in [4.78, 5) is 25.7. The highest BCUT2D eigenvalue weighted by atomic mass is 19.4. The van der Waals surface area contributed by atoms with Gasteiger partial charge in [0.15, 0.2) is 0 Å². The molecule has 2 amide bonds. The van der Waals surface area contributed by atoms with Crippen molar-refractivity contribution in [2.75, 3.05) is 13.1 Å². The quantitative estimate of drug-likeness (QED) is 0.800. The smallest absolute Gasteiger partial charge is 0.343 e. The Balaban J connectivity index is 1.49. The number of nitrogens with one attached hydrogen (secondary N) is 1. The van der Waals surface area contributed by atoms with Crippen LogP contribution in [0.4, 0.5) is 13.2 Å². The Morgan fingerprint density at radius 1 is 1.25 bits per heavy atom. The van der Waals surface area contributed by atoms with E-state index in [-0.39, 0.29) is 12.5 Å². The molecular formula is C18H18F3N5O2. The van der Waals surface area contributed by atoms with Gasteiger partial charge in [0.1, 0.15) is 5.69 Å². The van der Waals surface area contributed by atoms with E-state index in [4.69, 9.17) is 0 Å². The largest absolute Gasteiger partial charge is 0.416 e. The number of nitrogens with zero attached hydrogens (tertiary/aromatic N) is 4. The lowest BCUT2D eigenvalue weighted by Gasteiger charge is -2.26. The first-order valence-corrected chi connectivity index (χ1v) is 8.52. The summed E-state index contributed by atoms with van der Waals surface area (Å²) in [5.41, 5.74) is 1.43. The topological polar surface area (TPSA) is 80.1 Å². The Bertz CT molecular complexity index is 903. The van der Waals surface area contributed by atoms with Crippen molar-refractivity contribution in [2.45, 2.75) is 19.1 Å². The van der Waals surface area contributed by atoms with Gasteiger partial charge in [-0.1, -0.05) is 17.3 Å². The number of benzene rings is 1. The van der Waals surface area contributed by atoms with Gasteiger partial charge in [-0.25, -0.2) is 0 Å². The van der Waals surface area contributed by atoms with Crippen LogP contribution in [0.15, 0.2) is 30.3 Å². The van der Waals surface area contributed by atoms with Gasteiger partial charge in [0.25, 0.3) is 0 Å². The highest BCUT2D eigenvalue weighted by Gasteiger charge is 2.29. The van der Waals surface area contributed by atoms with Gasteiger partial charge in [0.05, 0.1) is 24.3 Å². The summed E-state index contributed by atoms with van der Waals surface area (Å²) >= 11 is 0. The van der Waals surface area contributed by atoms with Crippen molar-refractivity contribution in [3.05, 3.63) is 52.9 Å². The van der Waals surface area contributed by atoms with Gasteiger partial charge >= 0.3 is 6.18 Å². The van der Waals surface area contributed by atoms with E-state index in [1.807, 2.05) is 0 Å². The number of fused-ring (bicyclic) bond motifs is 1. The van der Waals surface area contributed by atoms with E-state index in [1.54, 1.807) is 16.6 Å². The first-order valence-electron chi connectivity index (χ1n) is 8.52. The van der Waals surface area contributed by atoms with Crippen LogP contribution in [0.5, 0.6) is 0 Å². The third-order valence-corrected chi connectivity index (χ3v) is 4.41. The van der Waals surface area contributed by atoms with E-state index in [0.717, 1.165) is 23.5 Å². The highest BCUT2D eigenvalue weighted by Crippen LogP contribution is 2.29. The molecule has 0 atom stereocenters. The molecule has 0 spiro atoms. The van der Waals surface area contributed by atoms with Crippen LogP contribution < -0.4 is 5.32 Å². The third kappa shape index (κ3) is 4.56. The molecule has 3 rings (SSSR count). The maximum Gasteiger partial charge on any atom is 0.416 e. The number of carbonyl (C=O) groups is 2. The van der Waals surface area contributed by atoms with E-state index < -0.39 is 17.6 Å². The van der Waals surface area contributed by atoms with Crippen LogP contribution in [-0.4, -0.2) is 44.8 Å². The van der Waals surface area contributed by atoms with Crippen molar-refractivity contribution in [2.24, 2.45) is 7.05 Å². The molecule has 0 saturated heterocycles. The zero-order valence-electron chi connectivity index (χ0n) is 15.0. The van der Waals surface area contributed by atoms with Gasteiger partial charge < -0.3 is 10.2 Å². The summed E-state index contributed by atoms with van der Waals surface area (Å²) in [6.07, 6.45) is -1.20. The van der Waals surface area contributed by atoms with Gasteiger partial charge in [0, 0.05) is 26.1 Å². The molecule has 0 fully saturated rings. The van der Waals surface area contributed by atoms with Crippen LogP contribution in [0.1, 0.15) is 22.5 Å². The summed E-state index contributed by atoms with van der Waals surface area (Å²) in [6.45, 7) is 0.690. The van der Waals surface area contributed by atoms with Gasteiger partial charge in [0.2, 0.25) is 11.8 Å². The van der Waals surface area contributed by atoms with Crippen LogP contribution in [0, 0.1) is 0 Å². The summed E-state index contributed by atoms with van der Waals surface area (Å²) in [7, 11) is 1.80. The molecule has 0 saturated carbocycles. The Kier molecular flexibility index (Phi) is 5.48. The van der Waals surface area contributed by atoms with Gasteiger partial charge in [-0.05, 0) is 23.8 Å². The first kappa shape index (κ1) is 19.6. The summed E-state index contributed by atoms with van der Waals surface area (Å²) in [5, 5.41) is 10.4. The maximum absolute atomic E-state index is 12.5. The predicted molar refractivity (Wildman–Crippen MR) is 93.6 cm³/mol. The zero-order valence-corrected chi connectivity index (χ0v) is 15.0. The highest BCUT2D eigenvalue weighted by molar-refractivity contribution is 5.94. The molecule has 28 heavy (non-hydrogen) atoms. The number of hydrogen-bond acceptors (Lipinski definition) is 4. The van der Waals surface area contributed by atoms with E-state index in [0.29, 0.717) is 25.1 Å². The van der Waals surface area contributed by atoms with Gasteiger partial charge in [-0.15, -0.1) is 5.10 Å². The van der Waals surface area contributed by atoms with E-state index in [1.165, 1.54) is 24.3 Å². The Morgan fingerprint density at radius 2 is 1.96 bits per heavy atom. The van der Waals surface area contributed by atoms with Crippen molar-refractivity contribution < 1.29 is 22.8 Å². The molecule has 1 N–H and O–H groups in total. The Morgan fingerprint density at radius 3 is 2.64 bits per heavy atom. The molecule has 0 radical (unpaired) electrons. The molecular weight excluding hydrogens is 375 g/mol. The number of hydrogen-bond donors (Lipinski definition) is 1. The second-order valence-electron chi connectivity index (χ2n) is 6.34. The molecule has 1 aliphatic heterocycles. The molecule has 0 bridgehead atoms. The van der Waals surface area contributed by atoms with Crippen molar-refractivity contribution in [1.82, 2.24) is 25.2 Å². The molecule has 0 unspecified atom stereocenters. The Labute approximate surface area is 158 Å². The van der Waals surface area contributed by atoms with Crippen molar-refractivity contribution >= 4 is 17.9 Å².